The first-order chi connectivity index (χ1) is 9.63. The van der Waals surface area contributed by atoms with E-state index in [0.717, 1.165) is 25.5 Å². The maximum absolute atomic E-state index is 13.0. The van der Waals surface area contributed by atoms with Crippen molar-refractivity contribution in [2.75, 3.05) is 13.1 Å². The van der Waals surface area contributed by atoms with Gasteiger partial charge >= 0.3 is 0 Å². The minimum Gasteiger partial charge on any atom is -0.356 e. The van der Waals surface area contributed by atoms with Gasteiger partial charge in [0.25, 0.3) is 0 Å². The highest BCUT2D eigenvalue weighted by Crippen LogP contribution is 2.11. The fourth-order valence-electron chi connectivity index (χ4n) is 2.50. The van der Waals surface area contributed by atoms with Gasteiger partial charge in [0.05, 0.1) is 0 Å². The SMILES string of the molecule is Cl.O=C(CCC1CCCN1)NCCc1cc(F)cc(F)c1. The van der Waals surface area contributed by atoms with Gasteiger partial charge in [-0.2, -0.15) is 0 Å². The van der Waals surface area contributed by atoms with Gasteiger partial charge in [0.1, 0.15) is 11.6 Å². The molecule has 21 heavy (non-hydrogen) atoms. The van der Waals surface area contributed by atoms with Crippen LogP contribution in [0.25, 0.3) is 0 Å². The average Bonchev–Trinajstić information content (AvgIpc) is 2.88. The Hall–Kier alpha value is -1.20. The van der Waals surface area contributed by atoms with Gasteiger partial charge in [-0.3, -0.25) is 4.79 Å². The summed E-state index contributed by atoms with van der Waals surface area (Å²) in [5, 5.41) is 6.13. The number of benzene rings is 1. The molecule has 1 atom stereocenters. The number of rotatable bonds is 6. The van der Waals surface area contributed by atoms with Crippen molar-refractivity contribution >= 4 is 18.3 Å². The zero-order chi connectivity index (χ0) is 14.4. The molecule has 1 aromatic rings. The summed E-state index contributed by atoms with van der Waals surface area (Å²) in [7, 11) is 0. The lowest BCUT2D eigenvalue weighted by atomic mass is 10.1. The second-order valence-corrected chi connectivity index (χ2v) is 5.21. The number of amides is 1. The lowest BCUT2D eigenvalue weighted by Gasteiger charge is -2.10. The molecule has 3 nitrogen and oxygen atoms in total. The Bertz CT molecular complexity index is 445. The first kappa shape index (κ1) is 17.9. The fourth-order valence-corrected chi connectivity index (χ4v) is 2.50. The summed E-state index contributed by atoms with van der Waals surface area (Å²) in [4.78, 5) is 11.6. The molecule has 118 valence electrons. The topological polar surface area (TPSA) is 41.1 Å². The van der Waals surface area contributed by atoms with Crippen LogP contribution < -0.4 is 10.6 Å². The summed E-state index contributed by atoms with van der Waals surface area (Å²) in [6.07, 6.45) is 4.09. The van der Waals surface area contributed by atoms with Crippen molar-refractivity contribution in [2.24, 2.45) is 0 Å². The molecule has 0 aromatic heterocycles. The molecule has 1 heterocycles. The number of hydrogen-bond donors (Lipinski definition) is 2. The van der Waals surface area contributed by atoms with Gasteiger partial charge < -0.3 is 10.6 Å². The predicted molar refractivity (Wildman–Crippen MR) is 80.6 cm³/mol. The first-order valence-corrected chi connectivity index (χ1v) is 7.08. The number of carbonyl (C=O) groups excluding carboxylic acids is 1. The Morgan fingerprint density at radius 1 is 1.29 bits per heavy atom. The Balaban J connectivity index is 0.00000220. The lowest BCUT2D eigenvalue weighted by Crippen LogP contribution is -2.28. The summed E-state index contributed by atoms with van der Waals surface area (Å²) in [5.74, 6) is -1.17. The molecule has 1 aromatic carbocycles. The minimum absolute atomic E-state index is 0. The Kier molecular flexibility index (Phi) is 7.61. The molecule has 1 saturated heterocycles. The lowest BCUT2D eigenvalue weighted by molar-refractivity contribution is -0.121. The van der Waals surface area contributed by atoms with Gasteiger partial charge in [0, 0.05) is 25.1 Å². The van der Waals surface area contributed by atoms with Gasteiger partial charge in [-0.1, -0.05) is 0 Å². The van der Waals surface area contributed by atoms with Crippen LogP contribution in [0.3, 0.4) is 0 Å². The molecule has 6 heteroatoms. The molecule has 1 unspecified atom stereocenters. The second kappa shape index (κ2) is 8.95. The number of hydrogen-bond acceptors (Lipinski definition) is 2. The van der Waals surface area contributed by atoms with E-state index in [0.29, 0.717) is 31.0 Å². The summed E-state index contributed by atoms with van der Waals surface area (Å²) >= 11 is 0. The zero-order valence-corrected chi connectivity index (χ0v) is 12.6. The molecule has 2 rings (SSSR count). The first-order valence-electron chi connectivity index (χ1n) is 7.08. The molecule has 0 radical (unpaired) electrons. The Morgan fingerprint density at radius 3 is 2.62 bits per heavy atom. The Labute approximate surface area is 129 Å². The normalized spacial score (nSPS) is 17.3. The van der Waals surface area contributed by atoms with E-state index >= 15 is 0 Å². The van der Waals surface area contributed by atoms with Gasteiger partial charge in [0.15, 0.2) is 0 Å². The zero-order valence-electron chi connectivity index (χ0n) is 11.8. The molecule has 0 aliphatic carbocycles. The monoisotopic (exact) mass is 318 g/mol. The molecular weight excluding hydrogens is 298 g/mol. The molecule has 1 aliphatic rings. The summed E-state index contributed by atoms with van der Waals surface area (Å²) in [6, 6.07) is 3.88. The highest BCUT2D eigenvalue weighted by atomic mass is 35.5. The largest absolute Gasteiger partial charge is 0.356 e. The number of nitrogens with one attached hydrogen (secondary N) is 2. The third-order valence-corrected chi connectivity index (χ3v) is 3.54. The fraction of sp³-hybridized carbons (Fsp3) is 0.533. The second-order valence-electron chi connectivity index (χ2n) is 5.21. The molecule has 0 spiro atoms. The maximum Gasteiger partial charge on any atom is 0.220 e. The Morgan fingerprint density at radius 2 is 2.00 bits per heavy atom. The van der Waals surface area contributed by atoms with E-state index in [4.69, 9.17) is 0 Å². The van der Waals surface area contributed by atoms with Crippen molar-refractivity contribution in [2.45, 2.75) is 38.1 Å². The molecule has 1 amide bonds. The van der Waals surface area contributed by atoms with E-state index in [2.05, 4.69) is 10.6 Å². The van der Waals surface area contributed by atoms with Crippen molar-refractivity contribution in [3.8, 4) is 0 Å². The van der Waals surface area contributed by atoms with E-state index in [9.17, 15) is 13.6 Å². The van der Waals surface area contributed by atoms with Crippen LogP contribution in [0.15, 0.2) is 18.2 Å². The van der Waals surface area contributed by atoms with E-state index < -0.39 is 11.6 Å². The smallest absolute Gasteiger partial charge is 0.220 e. The standard InChI is InChI=1S/C15H20F2N2O.ClH/c16-12-8-11(9-13(17)10-12)5-7-19-15(20)4-3-14-2-1-6-18-14;/h8-10,14,18H,1-7H2,(H,19,20);1H. The van der Waals surface area contributed by atoms with E-state index in [1.54, 1.807) is 0 Å². The highest BCUT2D eigenvalue weighted by Gasteiger charge is 2.14. The van der Waals surface area contributed by atoms with Crippen LogP contribution in [0, 0.1) is 11.6 Å². The van der Waals surface area contributed by atoms with Crippen molar-refractivity contribution in [3.05, 3.63) is 35.4 Å². The summed E-state index contributed by atoms with van der Waals surface area (Å²) in [6.45, 7) is 1.44. The van der Waals surface area contributed by atoms with Crippen LogP contribution in [0.5, 0.6) is 0 Å². The van der Waals surface area contributed by atoms with Crippen LogP contribution >= 0.6 is 12.4 Å². The minimum atomic E-state index is -0.585. The summed E-state index contributed by atoms with van der Waals surface area (Å²) in [5.41, 5.74) is 0.556. The van der Waals surface area contributed by atoms with Gasteiger partial charge in [-0.15, -0.1) is 12.4 Å². The van der Waals surface area contributed by atoms with Crippen LogP contribution in [0.2, 0.25) is 0 Å². The highest BCUT2D eigenvalue weighted by molar-refractivity contribution is 5.85. The molecule has 1 fully saturated rings. The van der Waals surface area contributed by atoms with Gasteiger partial charge in [0.2, 0.25) is 5.91 Å². The predicted octanol–water partition coefficient (Wildman–Crippen LogP) is 2.58. The van der Waals surface area contributed by atoms with Crippen molar-refractivity contribution < 1.29 is 13.6 Å². The van der Waals surface area contributed by atoms with Gasteiger partial charge in [-0.05, 0) is 49.9 Å². The third kappa shape index (κ3) is 6.40. The van der Waals surface area contributed by atoms with Crippen LogP contribution in [-0.4, -0.2) is 25.0 Å². The van der Waals surface area contributed by atoms with Crippen molar-refractivity contribution in [1.29, 1.82) is 0 Å². The third-order valence-electron chi connectivity index (χ3n) is 3.54. The average molecular weight is 319 g/mol. The molecular formula is C15H21ClF2N2O. The molecule has 0 bridgehead atoms. The molecule has 2 N–H and O–H groups in total. The summed E-state index contributed by atoms with van der Waals surface area (Å²) < 4.78 is 25.9. The van der Waals surface area contributed by atoms with Crippen LogP contribution in [-0.2, 0) is 11.2 Å². The van der Waals surface area contributed by atoms with Crippen LogP contribution in [0.4, 0.5) is 8.78 Å². The maximum atomic E-state index is 13.0. The van der Waals surface area contributed by atoms with E-state index in [1.165, 1.54) is 18.6 Å². The molecule has 0 saturated carbocycles. The molecule has 1 aliphatic heterocycles. The van der Waals surface area contributed by atoms with E-state index in [1.807, 2.05) is 0 Å². The van der Waals surface area contributed by atoms with Crippen LogP contribution in [0.1, 0.15) is 31.2 Å². The van der Waals surface area contributed by atoms with Gasteiger partial charge in [-0.25, -0.2) is 8.78 Å². The van der Waals surface area contributed by atoms with Crippen molar-refractivity contribution in [3.63, 3.8) is 0 Å². The quantitative estimate of drug-likeness (QED) is 0.846. The van der Waals surface area contributed by atoms with Crippen molar-refractivity contribution in [1.82, 2.24) is 10.6 Å². The number of halogens is 3. The number of carbonyl (C=O) groups is 1. The van der Waals surface area contributed by atoms with E-state index in [-0.39, 0.29) is 18.3 Å².